The monoisotopic (exact) mass is 330 g/mol. The van der Waals surface area contributed by atoms with Gasteiger partial charge >= 0.3 is 5.97 Å². The van der Waals surface area contributed by atoms with Crippen molar-refractivity contribution in [3.05, 3.63) is 84.4 Å². The molecule has 124 valence electrons. The van der Waals surface area contributed by atoms with Crippen molar-refractivity contribution in [3.8, 4) is 16.9 Å². The Bertz CT molecular complexity index is 881. The number of hydrogen-bond donors (Lipinski definition) is 2. The van der Waals surface area contributed by atoms with Crippen LogP contribution in [0.1, 0.15) is 5.56 Å². The summed E-state index contributed by atoms with van der Waals surface area (Å²) >= 11 is 0. The van der Waals surface area contributed by atoms with Crippen molar-refractivity contribution in [2.75, 3.05) is 11.5 Å². The van der Waals surface area contributed by atoms with Crippen LogP contribution in [0.5, 0.6) is 5.75 Å². The predicted molar refractivity (Wildman–Crippen MR) is 102 cm³/mol. The van der Waals surface area contributed by atoms with Crippen LogP contribution in [0.15, 0.2) is 78.9 Å². The van der Waals surface area contributed by atoms with Gasteiger partial charge in [0.05, 0.1) is 0 Å². The first-order valence-electron chi connectivity index (χ1n) is 7.81. The third kappa shape index (κ3) is 4.48. The summed E-state index contributed by atoms with van der Waals surface area (Å²) < 4.78 is 5.30. The zero-order valence-electron chi connectivity index (χ0n) is 13.6. The topological polar surface area (TPSA) is 78.3 Å². The van der Waals surface area contributed by atoms with Crippen LogP contribution in [0, 0.1) is 0 Å². The average Bonchev–Trinajstić information content (AvgIpc) is 2.61. The summed E-state index contributed by atoms with van der Waals surface area (Å²) in [6.07, 6.45) is 3.12. The molecule has 3 rings (SSSR count). The van der Waals surface area contributed by atoms with Gasteiger partial charge in [0.1, 0.15) is 5.75 Å². The number of benzene rings is 3. The normalized spacial score (nSPS) is 10.7. The zero-order chi connectivity index (χ0) is 17.6. The summed E-state index contributed by atoms with van der Waals surface area (Å²) in [5, 5.41) is 0. The second-order valence-corrected chi connectivity index (χ2v) is 5.58. The van der Waals surface area contributed by atoms with Gasteiger partial charge in [-0.15, -0.1) is 0 Å². The number of nitrogen functional groups attached to an aromatic ring is 2. The van der Waals surface area contributed by atoms with E-state index in [1.165, 1.54) is 6.08 Å². The first kappa shape index (κ1) is 16.3. The van der Waals surface area contributed by atoms with E-state index in [1.54, 1.807) is 24.3 Å². The Hall–Kier alpha value is -3.53. The molecule has 0 aliphatic rings. The molecule has 4 nitrogen and oxygen atoms in total. The van der Waals surface area contributed by atoms with Crippen LogP contribution in [0.3, 0.4) is 0 Å². The fraction of sp³-hybridized carbons (Fsp3) is 0. The highest BCUT2D eigenvalue weighted by Gasteiger charge is 2.04. The van der Waals surface area contributed by atoms with E-state index in [0.29, 0.717) is 17.1 Å². The molecule has 0 atom stereocenters. The lowest BCUT2D eigenvalue weighted by Gasteiger charge is -2.06. The summed E-state index contributed by atoms with van der Waals surface area (Å²) in [5.41, 5.74) is 15.6. The lowest BCUT2D eigenvalue weighted by Crippen LogP contribution is -2.03. The van der Waals surface area contributed by atoms with E-state index in [9.17, 15) is 4.79 Å². The molecule has 0 spiro atoms. The van der Waals surface area contributed by atoms with E-state index in [-0.39, 0.29) is 0 Å². The molecule has 0 radical (unpaired) electrons. The van der Waals surface area contributed by atoms with Gasteiger partial charge in [-0.05, 0) is 53.1 Å². The molecule has 4 heteroatoms. The van der Waals surface area contributed by atoms with Crippen molar-refractivity contribution in [2.45, 2.75) is 0 Å². The molecular weight excluding hydrogens is 312 g/mol. The Morgan fingerprint density at radius 1 is 0.800 bits per heavy atom. The number of hydrogen-bond acceptors (Lipinski definition) is 4. The molecule has 0 saturated heterocycles. The largest absolute Gasteiger partial charge is 0.423 e. The van der Waals surface area contributed by atoms with E-state index < -0.39 is 5.97 Å². The molecule has 0 bridgehead atoms. The van der Waals surface area contributed by atoms with Crippen molar-refractivity contribution in [1.29, 1.82) is 0 Å². The molecule has 3 aromatic carbocycles. The number of anilines is 2. The fourth-order valence-electron chi connectivity index (χ4n) is 2.44. The molecule has 25 heavy (non-hydrogen) atoms. The highest BCUT2D eigenvalue weighted by molar-refractivity contribution is 5.88. The van der Waals surface area contributed by atoms with Crippen LogP contribution in [-0.2, 0) is 4.79 Å². The minimum absolute atomic E-state index is 0.426. The smallest absolute Gasteiger partial charge is 0.336 e. The fourth-order valence-corrected chi connectivity index (χ4v) is 2.44. The standard InChI is InChI=1S/C21H18N2O2/c22-18-12-17(13-19(23)14-18)16-7-9-20(10-8-16)25-21(24)11-6-15-4-2-1-3-5-15/h1-14H,22-23H2/b11-6+. The SMILES string of the molecule is Nc1cc(N)cc(-c2ccc(OC(=O)/C=C/c3ccccc3)cc2)c1. The van der Waals surface area contributed by atoms with Crippen LogP contribution in [0.2, 0.25) is 0 Å². The van der Waals surface area contributed by atoms with Crippen molar-refractivity contribution >= 4 is 23.4 Å². The molecular formula is C21H18N2O2. The lowest BCUT2D eigenvalue weighted by molar-refractivity contribution is -0.128. The Morgan fingerprint density at radius 3 is 2.08 bits per heavy atom. The number of rotatable bonds is 4. The maximum absolute atomic E-state index is 11.9. The minimum Gasteiger partial charge on any atom is -0.423 e. The molecule has 0 unspecified atom stereocenters. The van der Waals surface area contributed by atoms with Crippen molar-refractivity contribution in [1.82, 2.24) is 0 Å². The Morgan fingerprint density at radius 2 is 1.44 bits per heavy atom. The van der Waals surface area contributed by atoms with Crippen molar-refractivity contribution < 1.29 is 9.53 Å². The molecule has 3 aromatic rings. The second-order valence-electron chi connectivity index (χ2n) is 5.58. The number of carbonyl (C=O) groups is 1. The highest BCUT2D eigenvalue weighted by Crippen LogP contribution is 2.26. The van der Waals surface area contributed by atoms with Crippen LogP contribution in [0.4, 0.5) is 11.4 Å². The van der Waals surface area contributed by atoms with Gasteiger partial charge in [-0.3, -0.25) is 0 Å². The minimum atomic E-state index is -0.426. The van der Waals surface area contributed by atoms with Crippen LogP contribution in [-0.4, -0.2) is 5.97 Å². The first-order chi connectivity index (χ1) is 12.1. The lowest BCUT2D eigenvalue weighted by atomic mass is 10.0. The van der Waals surface area contributed by atoms with E-state index in [0.717, 1.165) is 16.7 Å². The molecule has 0 saturated carbocycles. The van der Waals surface area contributed by atoms with E-state index in [1.807, 2.05) is 54.6 Å². The summed E-state index contributed by atoms with van der Waals surface area (Å²) in [4.78, 5) is 11.9. The van der Waals surface area contributed by atoms with Gasteiger partial charge < -0.3 is 16.2 Å². The van der Waals surface area contributed by atoms with E-state index >= 15 is 0 Å². The van der Waals surface area contributed by atoms with Gasteiger partial charge in [-0.2, -0.15) is 0 Å². The van der Waals surface area contributed by atoms with E-state index in [4.69, 9.17) is 16.2 Å². The number of nitrogens with two attached hydrogens (primary N) is 2. The Balaban J connectivity index is 1.68. The average molecular weight is 330 g/mol. The van der Waals surface area contributed by atoms with Gasteiger partial charge in [0.2, 0.25) is 0 Å². The summed E-state index contributed by atoms with van der Waals surface area (Å²) in [6, 6.07) is 22.2. The van der Waals surface area contributed by atoms with Gasteiger partial charge in [-0.1, -0.05) is 42.5 Å². The molecule has 0 heterocycles. The Labute approximate surface area is 146 Å². The highest BCUT2D eigenvalue weighted by atomic mass is 16.5. The first-order valence-corrected chi connectivity index (χ1v) is 7.81. The molecule has 0 aliphatic carbocycles. The third-order valence-electron chi connectivity index (χ3n) is 3.60. The number of carbonyl (C=O) groups excluding carboxylic acids is 1. The van der Waals surface area contributed by atoms with Crippen LogP contribution in [0.25, 0.3) is 17.2 Å². The second kappa shape index (κ2) is 7.36. The van der Waals surface area contributed by atoms with Crippen molar-refractivity contribution in [3.63, 3.8) is 0 Å². The molecule has 0 amide bonds. The molecule has 0 aliphatic heterocycles. The van der Waals surface area contributed by atoms with Gasteiger partial charge in [0.15, 0.2) is 0 Å². The van der Waals surface area contributed by atoms with Gasteiger partial charge in [0.25, 0.3) is 0 Å². The summed E-state index contributed by atoms with van der Waals surface area (Å²) in [6.45, 7) is 0. The number of ether oxygens (including phenoxy) is 1. The maximum atomic E-state index is 11.9. The van der Waals surface area contributed by atoms with Crippen molar-refractivity contribution in [2.24, 2.45) is 0 Å². The van der Waals surface area contributed by atoms with Crippen LogP contribution < -0.4 is 16.2 Å². The molecule has 0 fully saturated rings. The zero-order valence-corrected chi connectivity index (χ0v) is 13.6. The summed E-state index contributed by atoms with van der Waals surface area (Å²) in [7, 11) is 0. The maximum Gasteiger partial charge on any atom is 0.336 e. The molecule has 4 N–H and O–H groups in total. The van der Waals surface area contributed by atoms with Crippen LogP contribution >= 0.6 is 0 Å². The summed E-state index contributed by atoms with van der Waals surface area (Å²) in [5.74, 6) is 0.0492. The quantitative estimate of drug-likeness (QED) is 0.326. The molecule has 0 aromatic heterocycles. The van der Waals surface area contributed by atoms with Gasteiger partial charge in [-0.25, -0.2) is 4.79 Å². The predicted octanol–water partition coefficient (Wildman–Crippen LogP) is 4.14. The van der Waals surface area contributed by atoms with E-state index in [2.05, 4.69) is 0 Å². The third-order valence-corrected chi connectivity index (χ3v) is 3.60. The van der Waals surface area contributed by atoms with Gasteiger partial charge in [0, 0.05) is 17.5 Å². The number of esters is 1. The Kier molecular flexibility index (Phi) is 4.81.